The number of carbonyl (C=O) groups excluding carboxylic acids is 1. The number of amides is 1. The van der Waals surface area contributed by atoms with Gasteiger partial charge >= 0.3 is 0 Å². The van der Waals surface area contributed by atoms with Crippen molar-refractivity contribution in [3.63, 3.8) is 0 Å². The fourth-order valence-corrected chi connectivity index (χ4v) is 3.14. The quantitative estimate of drug-likeness (QED) is 0.594. The summed E-state index contributed by atoms with van der Waals surface area (Å²) in [4.78, 5) is 29.4. The van der Waals surface area contributed by atoms with Crippen LogP contribution in [0.2, 0.25) is 0 Å². The molecule has 4 rings (SSSR count). The minimum Gasteiger partial charge on any atom is -0.345 e. The van der Waals surface area contributed by atoms with Gasteiger partial charge in [-0.3, -0.25) is 14.0 Å². The monoisotopic (exact) mass is 369 g/mol. The molecule has 1 N–H and O–H groups in total. The molecule has 2 heterocycles. The van der Waals surface area contributed by atoms with Gasteiger partial charge in [0.1, 0.15) is 11.2 Å². The minimum atomic E-state index is -0.435. The lowest BCUT2D eigenvalue weighted by atomic mass is 10.0. The standard InChI is InChI=1S/C23H19N3O2/c1-16(17-10-12-19(13-11-17)18-7-3-2-4-8-18)25-22(27)20-15-24-21-9-5-6-14-26(21)23(20)28/h2-16H,1H3,(H,25,27). The van der Waals surface area contributed by atoms with Crippen molar-refractivity contribution in [1.82, 2.24) is 14.7 Å². The number of hydrogen-bond acceptors (Lipinski definition) is 3. The average molecular weight is 369 g/mol. The highest BCUT2D eigenvalue weighted by Crippen LogP contribution is 2.21. The van der Waals surface area contributed by atoms with Crippen LogP contribution in [0.5, 0.6) is 0 Å². The van der Waals surface area contributed by atoms with Crippen LogP contribution >= 0.6 is 0 Å². The molecule has 0 aliphatic rings. The molecule has 5 heteroatoms. The maximum Gasteiger partial charge on any atom is 0.270 e. The van der Waals surface area contributed by atoms with Gasteiger partial charge in [0.25, 0.3) is 11.5 Å². The first-order valence-corrected chi connectivity index (χ1v) is 9.06. The fraction of sp³-hybridized carbons (Fsp3) is 0.0870. The van der Waals surface area contributed by atoms with Gasteiger partial charge in [0.05, 0.1) is 6.04 Å². The van der Waals surface area contributed by atoms with Crippen molar-refractivity contribution in [2.75, 3.05) is 0 Å². The molecule has 1 atom stereocenters. The molecule has 0 aliphatic carbocycles. The van der Waals surface area contributed by atoms with Gasteiger partial charge in [-0.2, -0.15) is 0 Å². The van der Waals surface area contributed by atoms with Gasteiger partial charge < -0.3 is 5.32 Å². The Hall–Kier alpha value is -3.73. The Morgan fingerprint density at radius 1 is 0.929 bits per heavy atom. The molecule has 2 aromatic carbocycles. The average Bonchev–Trinajstić information content (AvgIpc) is 2.75. The Morgan fingerprint density at radius 2 is 1.61 bits per heavy atom. The van der Waals surface area contributed by atoms with Crippen LogP contribution < -0.4 is 10.9 Å². The maximum absolute atomic E-state index is 12.6. The predicted octanol–water partition coefficient (Wildman–Crippen LogP) is 3.85. The molecular weight excluding hydrogens is 350 g/mol. The smallest absolute Gasteiger partial charge is 0.270 e. The number of pyridine rings is 1. The lowest BCUT2D eigenvalue weighted by molar-refractivity contribution is 0.0938. The van der Waals surface area contributed by atoms with Crippen LogP contribution in [-0.4, -0.2) is 15.3 Å². The molecule has 0 radical (unpaired) electrons. The van der Waals surface area contributed by atoms with Crippen molar-refractivity contribution in [1.29, 1.82) is 0 Å². The number of nitrogens with one attached hydrogen (secondary N) is 1. The highest BCUT2D eigenvalue weighted by atomic mass is 16.2. The molecule has 0 saturated heterocycles. The second-order valence-corrected chi connectivity index (χ2v) is 6.59. The van der Waals surface area contributed by atoms with Crippen LogP contribution in [0.1, 0.15) is 28.9 Å². The normalized spacial score (nSPS) is 11.9. The van der Waals surface area contributed by atoms with Crippen molar-refractivity contribution in [3.8, 4) is 11.1 Å². The van der Waals surface area contributed by atoms with E-state index in [1.165, 1.54) is 10.6 Å². The van der Waals surface area contributed by atoms with Crippen LogP contribution in [0.3, 0.4) is 0 Å². The zero-order chi connectivity index (χ0) is 19.5. The molecule has 1 unspecified atom stereocenters. The van der Waals surface area contributed by atoms with Gasteiger partial charge in [-0.15, -0.1) is 0 Å². The van der Waals surface area contributed by atoms with Crippen molar-refractivity contribution in [2.45, 2.75) is 13.0 Å². The van der Waals surface area contributed by atoms with Gasteiger partial charge in [-0.25, -0.2) is 4.98 Å². The molecule has 0 bridgehead atoms. The van der Waals surface area contributed by atoms with Gasteiger partial charge in [0, 0.05) is 12.4 Å². The van der Waals surface area contributed by atoms with E-state index in [-0.39, 0.29) is 17.2 Å². The summed E-state index contributed by atoms with van der Waals surface area (Å²) in [6.07, 6.45) is 2.94. The number of hydrogen-bond donors (Lipinski definition) is 1. The third kappa shape index (κ3) is 3.42. The number of fused-ring (bicyclic) bond motifs is 1. The third-order valence-corrected chi connectivity index (χ3v) is 4.72. The lowest BCUT2D eigenvalue weighted by Gasteiger charge is -2.15. The molecule has 4 aromatic rings. The van der Waals surface area contributed by atoms with E-state index in [9.17, 15) is 9.59 Å². The number of aromatic nitrogens is 2. The lowest BCUT2D eigenvalue weighted by Crippen LogP contribution is -2.33. The third-order valence-electron chi connectivity index (χ3n) is 4.72. The number of carbonyl (C=O) groups is 1. The second-order valence-electron chi connectivity index (χ2n) is 6.59. The first-order chi connectivity index (χ1) is 13.6. The molecule has 0 spiro atoms. The van der Waals surface area contributed by atoms with E-state index in [4.69, 9.17) is 0 Å². The first-order valence-electron chi connectivity index (χ1n) is 9.06. The van der Waals surface area contributed by atoms with Gasteiger partial charge in [0.15, 0.2) is 0 Å². The summed E-state index contributed by atoms with van der Waals surface area (Å²) < 4.78 is 1.37. The zero-order valence-electron chi connectivity index (χ0n) is 15.4. The first kappa shape index (κ1) is 17.7. The predicted molar refractivity (Wildman–Crippen MR) is 109 cm³/mol. The molecule has 0 saturated carbocycles. The summed E-state index contributed by atoms with van der Waals surface area (Å²) in [5, 5.41) is 2.88. The van der Waals surface area contributed by atoms with Gasteiger partial charge in [0.2, 0.25) is 0 Å². The van der Waals surface area contributed by atoms with E-state index < -0.39 is 5.91 Å². The number of nitrogens with zero attached hydrogens (tertiary/aromatic N) is 2. The molecule has 0 fully saturated rings. The van der Waals surface area contributed by atoms with Crippen molar-refractivity contribution in [3.05, 3.63) is 107 Å². The molecule has 2 aromatic heterocycles. The topological polar surface area (TPSA) is 63.5 Å². The second kappa shape index (κ2) is 7.48. The molecule has 138 valence electrons. The van der Waals surface area contributed by atoms with E-state index in [0.717, 1.165) is 16.7 Å². The van der Waals surface area contributed by atoms with Gasteiger partial charge in [-0.1, -0.05) is 60.7 Å². The van der Waals surface area contributed by atoms with E-state index in [2.05, 4.69) is 22.4 Å². The highest BCUT2D eigenvalue weighted by molar-refractivity contribution is 5.94. The molecular formula is C23H19N3O2. The number of benzene rings is 2. The Balaban J connectivity index is 1.53. The summed E-state index contributed by atoms with van der Waals surface area (Å²) in [7, 11) is 0. The van der Waals surface area contributed by atoms with Crippen LogP contribution in [0, 0.1) is 0 Å². The highest BCUT2D eigenvalue weighted by Gasteiger charge is 2.16. The summed E-state index contributed by atoms with van der Waals surface area (Å²) >= 11 is 0. The van der Waals surface area contributed by atoms with Crippen molar-refractivity contribution >= 4 is 11.6 Å². The SMILES string of the molecule is CC(NC(=O)c1cnc2ccccn2c1=O)c1ccc(-c2ccccc2)cc1. The summed E-state index contributed by atoms with van der Waals surface area (Å²) in [6.45, 7) is 1.89. The minimum absolute atomic E-state index is 0.0245. The van der Waals surface area contributed by atoms with Crippen LogP contribution in [0.25, 0.3) is 16.8 Å². The van der Waals surface area contributed by atoms with E-state index in [1.807, 2.05) is 49.4 Å². The maximum atomic E-state index is 12.6. The Bertz CT molecular complexity index is 1180. The van der Waals surface area contributed by atoms with Crippen LogP contribution in [0.4, 0.5) is 0 Å². The summed E-state index contributed by atoms with van der Waals surface area (Å²) in [6, 6.07) is 23.1. The van der Waals surface area contributed by atoms with Crippen molar-refractivity contribution < 1.29 is 4.79 Å². The zero-order valence-corrected chi connectivity index (χ0v) is 15.4. The Morgan fingerprint density at radius 3 is 2.36 bits per heavy atom. The van der Waals surface area contributed by atoms with Gasteiger partial charge in [-0.05, 0) is 35.7 Å². The molecule has 0 aliphatic heterocycles. The Kier molecular flexibility index (Phi) is 4.72. The van der Waals surface area contributed by atoms with E-state index in [1.54, 1.807) is 24.4 Å². The fourth-order valence-electron chi connectivity index (χ4n) is 3.14. The molecule has 1 amide bonds. The summed E-state index contributed by atoms with van der Waals surface area (Å²) in [5.74, 6) is -0.435. The van der Waals surface area contributed by atoms with E-state index >= 15 is 0 Å². The largest absolute Gasteiger partial charge is 0.345 e. The van der Waals surface area contributed by atoms with Crippen LogP contribution in [0.15, 0.2) is 90.0 Å². The van der Waals surface area contributed by atoms with Crippen LogP contribution in [-0.2, 0) is 0 Å². The molecule has 28 heavy (non-hydrogen) atoms. The van der Waals surface area contributed by atoms with E-state index in [0.29, 0.717) is 5.65 Å². The van der Waals surface area contributed by atoms with Crippen molar-refractivity contribution in [2.24, 2.45) is 0 Å². The summed E-state index contributed by atoms with van der Waals surface area (Å²) in [5.41, 5.74) is 3.36. The molecule has 5 nitrogen and oxygen atoms in total. The Labute approximate surface area is 162 Å². The number of rotatable bonds is 4.